The Morgan fingerprint density at radius 1 is 1.38 bits per heavy atom. The zero-order valence-corrected chi connectivity index (χ0v) is 9.01. The molecule has 0 heterocycles. The largest absolute Gasteiger partial charge is 0.377 e. The van der Waals surface area contributed by atoms with E-state index >= 15 is 0 Å². The van der Waals surface area contributed by atoms with Gasteiger partial charge in [0.2, 0.25) is 0 Å². The Balaban J connectivity index is 2.07. The van der Waals surface area contributed by atoms with Gasteiger partial charge in [-0.15, -0.1) is 0 Å². The van der Waals surface area contributed by atoms with E-state index in [-0.39, 0.29) is 0 Å². The summed E-state index contributed by atoms with van der Waals surface area (Å²) in [7, 11) is 1.99. The van der Waals surface area contributed by atoms with Crippen LogP contribution in [0.5, 0.6) is 0 Å². The highest BCUT2D eigenvalue weighted by Crippen LogP contribution is 2.25. The molecule has 1 unspecified atom stereocenters. The third-order valence-electron chi connectivity index (χ3n) is 2.93. The van der Waals surface area contributed by atoms with Gasteiger partial charge in [0.05, 0.1) is 6.10 Å². The molecule has 0 aromatic heterocycles. The highest BCUT2D eigenvalue weighted by molar-refractivity contribution is 4.68. The zero-order chi connectivity index (χ0) is 9.52. The van der Waals surface area contributed by atoms with Crippen molar-refractivity contribution in [3.05, 3.63) is 0 Å². The monoisotopic (exact) mass is 185 g/mol. The van der Waals surface area contributed by atoms with Gasteiger partial charge in [-0.1, -0.05) is 19.8 Å². The van der Waals surface area contributed by atoms with Crippen molar-refractivity contribution in [1.29, 1.82) is 0 Å². The Morgan fingerprint density at radius 2 is 2.08 bits per heavy atom. The molecule has 1 aliphatic carbocycles. The first kappa shape index (κ1) is 11.0. The fourth-order valence-electron chi connectivity index (χ4n) is 2.00. The lowest BCUT2D eigenvalue weighted by molar-refractivity contribution is 0.0295. The molecule has 0 amide bonds. The van der Waals surface area contributed by atoms with E-state index in [0.717, 1.165) is 25.5 Å². The third kappa shape index (κ3) is 4.10. The standard InChI is InChI=1S/C11H23NO/c1-3-11(8-12-2)13-9-10-6-4-5-7-10/h10-12H,3-9H2,1-2H3. The Bertz CT molecular complexity index is 121. The van der Waals surface area contributed by atoms with E-state index in [0.29, 0.717) is 6.10 Å². The van der Waals surface area contributed by atoms with E-state index in [9.17, 15) is 0 Å². The van der Waals surface area contributed by atoms with E-state index in [1.54, 1.807) is 0 Å². The molecule has 0 aliphatic heterocycles. The van der Waals surface area contributed by atoms with Crippen LogP contribution >= 0.6 is 0 Å². The zero-order valence-electron chi connectivity index (χ0n) is 9.01. The average Bonchev–Trinajstić information content (AvgIpc) is 2.64. The molecular formula is C11H23NO. The second-order valence-corrected chi connectivity index (χ2v) is 4.07. The number of hydrogen-bond acceptors (Lipinski definition) is 2. The van der Waals surface area contributed by atoms with Crippen LogP contribution in [0, 0.1) is 5.92 Å². The van der Waals surface area contributed by atoms with Gasteiger partial charge in [-0.3, -0.25) is 0 Å². The summed E-state index contributed by atoms with van der Waals surface area (Å²) in [6.45, 7) is 4.17. The van der Waals surface area contributed by atoms with E-state index < -0.39 is 0 Å². The van der Waals surface area contributed by atoms with Crippen LogP contribution in [0.4, 0.5) is 0 Å². The summed E-state index contributed by atoms with van der Waals surface area (Å²) in [6.07, 6.45) is 7.14. The Morgan fingerprint density at radius 3 is 2.62 bits per heavy atom. The summed E-state index contributed by atoms with van der Waals surface area (Å²) in [6, 6.07) is 0. The van der Waals surface area contributed by atoms with Crippen LogP contribution in [0.1, 0.15) is 39.0 Å². The molecule has 0 spiro atoms. The van der Waals surface area contributed by atoms with Crippen molar-refractivity contribution in [2.24, 2.45) is 5.92 Å². The third-order valence-corrected chi connectivity index (χ3v) is 2.93. The van der Waals surface area contributed by atoms with Crippen LogP contribution in [0.3, 0.4) is 0 Å². The molecular weight excluding hydrogens is 162 g/mol. The summed E-state index contributed by atoms with van der Waals surface area (Å²) >= 11 is 0. The molecule has 1 rings (SSSR count). The van der Waals surface area contributed by atoms with E-state index in [1.807, 2.05) is 7.05 Å². The van der Waals surface area contributed by atoms with Crippen molar-refractivity contribution >= 4 is 0 Å². The fraction of sp³-hybridized carbons (Fsp3) is 1.00. The van der Waals surface area contributed by atoms with Crippen LogP contribution in [0.2, 0.25) is 0 Å². The molecule has 0 radical (unpaired) electrons. The van der Waals surface area contributed by atoms with E-state index in [2.05, 4.69) is 12.2 Å². The highest BCUT2D eigenvalue weighted by Gasteiger charge is 2.16. The number of rotatable bonds is 6. The van der Waals surface area contributed by atoms with E-state index in [4.69, 9.17) is 4.74 Å². The molecule has 0 bridgehead atoms. The quantitative estimate of drug-likeness (QED) is 0.685. The number of hydrogen-bond donors (Lipinski definition) is 1. The maximum absolute atomic E-state index is 5.85. The van der Waals surface area contributed by atoms with Gasteiger partial charge in [0, 0.05) is 13.2 Å². The topological polar surface area (TPSA) is 21.3 Å². The molecule has 1 atom stereocenters. The summed E-state index contributed by atoms with van der Waals surface area (Å²) in [5, 5.41) is 3.17. The lowest BCUT2D eigenvalue weighted by atomic mass is 10.1. The fourth-order valence-corrected chi connectivity index (χ4v) is 2.00. The first-order valence-electron chi connectivity index (χ1n) is 5.63. The summed E-state index contributed by atoms with van der Waals surface area (Å²) < 4.78 is 5.85. The van der Waals surface area contributed by atoms with Crippen LogP contribution in [0.25, 0.3) is 0 Å². The van der Waals surface area contributed by atoms with Gasteiger partial charge in [-0.25, -0.2) is 0 Å². The summed E-state index contributed by atoms with van der Waals surface area (Å²) in [4.78, 5) is 0. The molecule has 0 aromatic rings. The average molecular weight is 185 g/mol. The Kier molecular flexibility index (Phi) is 5.40. The van der Waals surface area contributed by atoms with Crippen molar-refractivity contribution < 1.29 is 4.74 Å². The summed E-state index contributed by atoms with van der Waals surface area (Å²) in [5.41, 5.74) is 0. The molecule has 0 aromatic carbocycles. The predicted molar refractivity (Wildman–Crippen MR) is 55.9 cm³/mol. The SMILES string of the molecule is CCC(CNC)OCC1CCCC1. The minimum atomic E-state index is 0.422. The molecule has 13 heavy (non-hydrogen) atoms. The van der Waals surface area contributed by atoms with E-state index in [1.165, 1.54) is 25.7 Å². The number of nitrogens with one attached hydrogen (secondary N) is 1. The second-order valence-electron chi connectivity index (χ2n) is 4.07. The molecule has 2 nitrogen and oxygen atoms in total. The molecule has 1 aliphatic rings. The molecule has 2 heteroatoms. The first-order chi connectivity index (χ1) is 6.36. The predicted octanol–water partition coefficient (Wildman–Crippen LogP) is 2.19. The smallest absolute Gasteiger partial charge is 0.0696 e. The maximum atomic E-state index is 5.85. The Hall–Kier alpha value is -0.0800. The van der Waals surface area contributed by atoms with Gasteiger partial charge >= 0.3 is 0 Å². The van der Waals surface area contributed by atoms with Crippen LogP contribution in [-0.4, -0.2) is 26.3 Å². The minimum absolute atomic E-state index is 0.422. The van der Waals surface area contributed by atoms with Crippen LogP contribution in [0.15, 0.2) is 0 Å². The Labute approximate surface area is 82.0 Å². The van der Waals surface area contributed by atoms with Crippen LogP contribution in [-0.2, 0) is 4.74 Å². The molecule has 0 saturated heterocycles. The maximum Gasteiger partial charge on any atom is 0.0696 e. The van der Waals surface area contributed by atoms with Gasteiger partial charge in [-0.2, -0.15) is 0 Å². The van der Waals surface area contributed by atoms with Crippen molar-refractivity contribution in [2.75, 3.05) is 20.2 Å². The van der Waals surface area contributed by atoms with Crippen molar-refractivity contribution in [1.82, 2.24) is 5.32 Å². The van der Waals surface area contributed by atoms with Crippen molar-refractivity contribution in [2.45, 2.75) is 45.1 Å². The van der Waals surface area contributed by atoms with Crippen molar-refractivity contribution in [3.8, 4) is 0 Å². The van der Waals surface area contributed by atoms with Gasteiger partial charge in [0.15, 0.2) is 0 Å². The second kappa shape index (κ2) is 6.39. The first-order valence-corrected chi connectivity index (χ1v) is 5.63. The van der Waals surface area contributed by atoms with Crippen LogP contribution < -0.4 is 5.32 Å². The molecule has 78 valence electrons. The highest BCUT2D eigenvalue weighted by atomic mass is 16.5. The van der Waals surface area contributed by atoms with Crippen molar-refractivity contribution in [3.63, 3.8) is 0 Å². The van der Waals surface area contributed by atoms with Gasteiger partial charge in [0.1, 0.15) is 0 Å². The van der Waals surface area contributed by atoms with Gasteiger partial charge in [-0.05, 0) is 32.2 Å². The minimum Gasteiger partial charge on any atom is -0.377 e. The number of ether oxygens (including phenoxy) is 1. The number of likely N-dealkylation sites (N-methyl/N-ethyl adjacent to an activating group) is 1. The molecule has 1 saturated carbocycles. The lowest BCUT2D eigenvalue weighted by Crippen LogP contribution is -2.27. The summed E-state index contributed by atoms with van der Waals surface area (Å²) in [5.74, 6) is 0.853. The lowest BCUT2D eigenvalue weighted by Gasteiger charge is -2.18. The van der Waals surface area contributed by atoms with Gasteiger partial charge in [0.25, 0.3) is 0 Å². The normalized spacial score (nSPS) is 20.8. The molecule has 1 fully saturated rings. The molecule has 1 N–H and O–H groups in total. The van der Waals surface area contributed by atoms with Gasteiger partial charge < -0.3 is 10.1 Å².